The molecule has 0 N–H and O–H groups in total. The molecule has 200 valence electrons. The van der Waals surface area contributed by atoms with Crippen LogP contribution in [0.2, 0.25) is 5.02 Å². The van der Waals surface area contributed by atoms with E-state index < -0.39 is 12.0 Å². The molecule has 39 heavy (non-hydrogen) atoms. The highest BCUT2D eigenvalue weighted by Crippen LogP contribution is 2.33. The summed E-state index contributed by atoms with van der Waals surface area (Å²) in [7, 11) is 1.57. The van der Waals surface area contributed by atoms with Gasteiger partial charge in [0.2, 0.25) is 0 Å². The Balaban J connectivity index is 1.52. The Hall–Kier alpha value is -3.66. The zero-order chi connectivity index (χ0) is 27.5. The first-order chi connectivity index (χ1) is 18.9. The molecule has 0 amide bonds. The van der Waals surface area contributed by atoms with Gasteiger partial charge < -0.3 is 14.2 Å². The van der Waals surface area contributed by atoms with Gasteiger partial charge in [0.1, 0.15) is 12.6 Å². The normalized spacial score (nSPS) is 15.1. The van der Waals surface area contributed by atoms with Crippen LogP contribution in [0.1, 0.15) is 35.9 Å². The van der Waals surface area contributed by atoms with Crippen LogP contribution in [-0.2, 0) is 16.1 Å². The second kappa shape index (κ2) is 11.6. The number of allylic oxidation sites excluding steroid dienone is 1. The van der Waals surface area contributed by atoms with Crippen molar-refractivity contribution in [2.24, 2.45) is 4.99 Å². The summed E-state index contributed by atoms with van der Waals surface area (Å²) in [5.74, 6) is 0.618. The van der Waals surface area contributed by atoms with Gasteiger partial charge in [0.25, 0.3) is 5.56 Å². The largest absolute Gasteiger partial charge is 0.493 e. The van der Waals surface area contributed by atoms with Crippen molar-refractivity contribution < 1.29 is 19.0 Å². The van der Waals surface area contributed by atoms with Crippen LogP contribution < -0.4 is 24.4 Å². The first-order valence-electron chi connectivity index (χ1n) is 12.2. The summed E-state index contributed by atoms with van der Waals surface area (Å²) in [6, 6.07) is 16.2. The number of aromatic nitrogens is 1. The van der Waals surface area contributed by atoms with E-state index >= 15 is 0 Å². The number of rotatable bonds is 8. The van der Waals surface area contributed by atoms with Crippen molar-refractivity contribution in [2.75, 3.05) is 13.7 Å². The number of fused-ring (bicyclic) bond motifs is 1. The number of thiazole rings is 1. The Morgan fingerprint density at radius 2 is 1.97 bits per heavy atom. The minimum Gasteiger partial charge on any atom is -0.493 e. The van der Waals surface area contributed by atoms with Crippen LogP contribution in [0.4, 0.5) is 0 Å². The van der Waals surface area contributed by atoms with Crippen LogP contribution in [0.3, 0.4) is 0 Å². The molecule has 0 bridgehead atoms. The quantitative estimate of drug-likeness (QED) is 0.271. The van der Waals surface area contributed by atoms with Crippen LogP contribution in [0.25, 0.3) is 6.08 Å². The lowest BCUT2D eigenvalue weighted by Gasteiger charge is -2.23. The summed E-state index contributed by atoms with van der Waals surface area (Å²) in [6.07, 6.45) is 1.79. The molecule has 1 aliphatic heterocycles. The third-order valence-corrected chi connectivity index (χ3v) is 8.43. The molecule has 0 saturated heterocycles. The highest BCUT2D eigenvalue weighted by atomic mass is 35.5. The summed E-state index contributed by atoms with van der Waals surface area (Å²) in [5, 5.41) is 2.55. The van der Waals surface area contributed by atoms with Gasteiger partial charge >= 0.3 is 5.97 Å². The van der Waals surface area contributed by atoms with Gasteiger partial charge in [0, 0.05) is 15.5 Å². The summed E-state index contributed by atoms with van der Waals surface area (Å²) in [4.78, 5) is 32.6. The van der Waals surface area contributed by atoms with Gasteiger partial charge in [-0.05, 0) is 55.1 Å². The minimum absolute atomic E-state index is 0.232. The average molecular weight is 581 g/mol. The van der Waals surface area contributed by atoms with Crippen LogP contribution in [0.5, 0.6) is 11.5 Å². The van der Waals surface area contributed by atoms with E-state index in [0.29, 0.717) is 43.7 Å². The molecule has 1 atom stereocenters. The number of carbonyl (C=O) groups excluding carboxylic acids is 1. The van der Waals surface area contributed by atoms with Crippen LogP contribution in [0, 0.1) is 0 Å². The molecule has 1 aliphatic rings. The second-order valence-corrected chi connectivity index (χ2v) is 11.0. The Kier molecular flexibility index (Phi) is 8.02. The van der Waals surface area contributed by atoms with E-state index in [1.165, 1.54) is 22.7 Å². The predicted octanol–water partition coefficient (Wildman–Crippen LogP) is 5.10. The third kappa shape index (κ3) is 5.43. The highest BCUT2D eigenvalue weighted by Gasteiger charge is 2.33. The van der Waals surface area contributed by atoms with E-state index in [-0.39, 0.29) is 12.2 Å². The highest BCUT2D eigenvalue weighted by molar-refractivity contribution is 7.10. The van der Waals surface area contributed by atoms with Crippen molar-refractivity contribution in [3.8, 4) is 11.5 Å². The Labute approximate surface area is 237 Å². The van der Waals surface area contributed by atoms with Crippen LogP contribution in [0.15, 0.2) is 81.0 Å². The van der Waals surface area contributed by atoms with Crippen LogP contribution >= 0.6 is 34.3 Å². The van der Waals surface area contributed by atoms with Gasteiger partial charge in [-0.2, -0.15) is 0 Å². The van der Waals surface area contributed by atoms with E-state index in [0.717, 1.165) is 16.0 Å². The van der Waals surface area contributed by atoms with E-state index in [4.69, 9.17) is 25.8 Å². The molecule has 5 rings (SSSR count). The van der Waals surface area contributed by atoms with Gasteiger partial charge in [0.15, 0.2) is 16.3 Å². The number of hydrogen-bond acceptors (Lipinski definition) is 8. The van der Waals surface area contributed by atoms with E-state index in [1.807, 2.05) is 53.9 Å². The topological polar surface area (TPSA) is 79.1 Å². The molecule has 3 heterocycles. The molecular weight excluding hydrogens is 556 g/mol. The lowest BCUT2D eigenvalue weighted by Crippen LogP contribution is -2.39. The number of benzene rings is 2. The first kappa shape index (κ1) is 26.9. The molecule has 2 aromatic carbocycles. The number of ether oxygens (including phenoxy) is 3. The maximum Gasteiger partial charge on any atom is 0.338 e. The predicted molar refractivity (Wildman–Crippen MR) is 153 cm³/mol. The molecule has 0 saturated carbocycles. The van der Waals surface area contributed by atoms with Crippen molar-refractivity contribution in [1.29, 1.82) is 0 Å². The molecule has 10 heteroatoms. The molecule has 1 unspecified atom stereocenters. The smallest absolute Gasteiger partial charge is 0.338 e. The zero-order valence-corrected chi connectivity index (χ0v) is 23.9. The first-order valence-corrected chi connectivity index (χ1v) is 14.3. The third-order valence-electron chi connectivity index (χ3n) is 6.16. The Morgan fingerprint density at radius 3 is 2.69 bits per heavy atom. The minimum atomic E-state index is -0.599. The summed E-state index contributed by atoms with van der Waals surface area (Å²) in [5.41, 5.74) is 2.31. The summed E-state index contributed by atoms with van der Waals surface area (Å²) < 4.78 is 18.9. The van der Waals surface area contributed by atoms with Gasteiger partial charge in [0.05, 0.1) is 29.5 Å². The van der Waals surface area contributed by atoms with Crippen molar-refractivity contribution in [3.05, 3.63) is 112 Å². The van der Waals surface area contributed by atoms with Gasteiger partial charge in [-0.1, -0.05) is 53.3 Å². The summed E-state index contributed by atoms with van der Waals surface area (Å²) >= 11 is 9.00. The second-order valence-electron chi connectivity index (χ2n) is 8.61. The molecule has 0 fully saturated rings. The SMILES string of the molecule is CCOC(=O)C1=C(C)N=c2s/c(=C\c3ccc(OCc4ccccc4Cl)c(OC)c3)c(=O)n2C1c1cccs1. The van der Waals surface area contributed by atoms with Crippen molar-refractivity contribution >= 4 is 46.3 Å². The fourth-order valence-corrected chi connectivity index (χ4v) is 6.38. The van der Waals surface area contributed by atoms with Gasteiger partial charge in [-0.25, -0.2) is 9.79 Å². The lowest BCUT2D eigenvalue weighted by molar-refractivity contribution is -0.139. The number of esters is 1. The molecule has 2 aromatic heterocycles. The number of carbonyl (C=O) groups is 1. The Bertz CT molecular complexity index is 1740. The molecule has 4 aromatic rings. The molecule has 0 aliphatic carbocycles. The molecule has 0 radical (unpaired) electrons. The molecule has 0 spiro atoms. The van der Waals surface area contributed by atoms with Gasteiger partial charge in [-0.15, -0.1) is 11.3 Å². The Morgan fingerprint density at radius 1 is 1.15 bits per heavy atom. The van der Waals surface area contributed by atoms with E-state index in [2.05, 4.69) is 4.99 Å². The molecular formula is C29H25ClN2O5S2. The fourth-order valence-electron chi connectivity index (χ4n) is 4.32. The van der Waals surface area contributed by atoms with Crippen molar-refractivity contribution in [1.82, 2.24) is 4.57 Å². The monoisotopic (exact) mass is 580 g/mol. The molecule has 7 nitrogen and oxygen atoms in total. The fraction of sp³-hybridized carbons (Fsp3) is 0.207. The number of methoxy groups -OCH3 is 1. The lowest BCUT2D eigenvalue weighted by atomic mass is 10.0. The van der Waals surface area contributed by atoms with Crippen molar-refractivity contribution in [3.63, 3.8) is 0 Å². The maximum absolute atomic E-state index is 13.7. The zero-order valence-electron chi connectivity index (χ0n) is 21.5. The number of halogens is 1. The number of hydrogen-bond donors (Lipinski definition) is 0. The van der Waals surface area contributed by atoms with Gasteiger partial charge in [-0.3, -0.25) is 9.36 Å². The summed E-state index contributed by atoms with van der Waals surface area (Å²) in [6.45, 7) is 4.05. The van der Waals surface area contributed by atoms with E-state index in [1.54, 1.807) is 37.7 Å². The van der Waals surface area contributed by atoms with Crippen molar-refractivity contribution in [2.45, 2.75) is 26.5 Å². The standard InChI is InChI=1S/C29H25ClN2O5S2/c1-4-36-28(34)25-17(2)31-29-32(26(25)23-10-7-13-38-23)27(33)24(39-29)15-18-11-12-21(22(14-18)35-3)37-16-19-8-5-6-9-20(19)30/h5-15,26H,4,16H2,1-3H3/b24-15-. The maximum atomic E-state index is 13.7. The number of nitrogens with zero attached hydrogens (tertiary/aromatic N) is 2. The number of thiophene rings is 1. The average Bonchev–Trinajstić information content (AvgIpc) is 3.56. The van der Waals surface area contributed by atoms with E-state index in [9.17, 15) is 9.59 Å². The van der Waals surface area contributed by atoms with Crippen LogP contribution in [-0.4, -0.2) is 24.3 Å².